The summed E-state index contributed by atoms with van der Waals surface area (Å²) >= 11 is 6.05. The summed E-state index contributed by atoms with van der Waals surface area (Å²) in [5.74, 6) is -0.900. The van der Waals surface area contributed by atoms with Crippen LogP contribution in [0.2, 0.25) is 5.02 Å². The van der Waals surface area contributed by atoms with Crippen molar-refractivity contribution >= 4 is 39.4 Å². The SMILES string of the molecule is Cc1ncnc2c1ccn2[C@@H]1/C=C(/C(C)Cc2cc(F)c3cc(Cl)c(N)nc3c2)COC(C)(C)O[C@@H]1C. The van der Waals surface area contributed by atoms with E-state index in [-0.39, 0.29) is 34.7 Å². The molecule has 3 atom stereocenters. The summed E-state index contributed by atoms with van der Waals surface area (Å²) in [5.41, 5.74) is 10.1. The Hall–Kier alpha value is -3.07. The first-order valence-corrected chi connectivity index (χ1v) is 12.7. The van der Waals surface area contributed by atoms with Crippen LogP contribution in [0.1, 0.15) is 45.0 Å². The van der Waals surface area contributed by atoms with Gasteiger partial charge in [-0.2, -0.15) is 0 Å². The average molecular weight is 524 g/mol. The number of pyridine rings is 1. The third-order valence-corrected chi connectivity index (χ3v) is 7.35. The second-order valence-electron chi connectivity index (χ2n) is 10.3. The molecule has 0 saturated carbocycles. The number of nitrogens with two attached hydrogens (primary N) is 1. The van der Waals surface area contributed by atoms with Gasteiger partial charge in [0.15, 0.2) is 5.79 Å². The molecule has 1 aromatic carbocycles. The van der Waals surface area contributed by atoms with Gasteiger partial charge in [0, 0.05) is 17.0 Å². The van der Waals surface area contributed by atoms with Gasteiger partial charge >= 0.3 is 0 Å². The van der Waals surface area contributed by atoms with Crippen molar-refractivity contribution in [1.82, 2.24) is 19.5 Å². The predicted octanol–water partition coefficient (Wildman–Crippen LogP) is 6.18. The first-order chi connectivity index (χ1) is 17.5. The van der Waals surface area contributed by atoms with Crippen LogP contribution in [0.4, 0.5) is 10.2 Å². The van der Waals surface area contributed by atoms with E-state index in [2.05, 4.69) is 32.5 Å². The average Bonchev–Trinajstić information content (AvgIpc) is 3.24. The largest absolute Gasteiger partial charge is 0.382 e. The minimum Gasteiger partial charge on any atom is -0.382 e. The monoisotopic (exact) mass is 523 g/mol. The zero-order chi connectivity index (χ0) is 26.5. The van der Waals surface area contributed by atoms with E-state index in [1.54, 1.807) is 12.4 Å². The molecule has 194 valence electrons. The molecule has 0 fully saturated rings. The summed E-state index contributed by atoms with van der Waals surface area (Å²) in [6.07, 6.45) is 6.23. The molecule has 1 aliphatic rings. The molecule has 0 radical (unpaired) electrons. The lowest BCUT2D eigenvalue weighted by Gasteiger charge is -2.37. The van der Waals surface area contributed by atoms with Crippen molar-refractivity contribution in [1.29, 1.82) is 0 Å². The van der Waals surface area contributed by atoms with Gasteiger partial charge in [0.2, 0.25) is 0 Å². The molecule has 1 aliphatic heterocycles. The number of aryl methyl sites for hydroxylation is 1. The van der Waals surface area contributed by atoms with Crippen LogP contribution in [0.5, 0.6) is 0 Å². The normalized spacial score (nSPS) is 22.4. The Bertz CT molecular complexity index is 1520. The molecular formula is C28H31ClFN5O2. The Kier molecular flexibility index (Phi) is 6.68. The molecule has 4 aromatic rings. The van der Waals surface area contributed by atoms with E-state index < -0.39 is 5.79 Å². The number of anilines is 1. The highest BCUT2D eigenvalue weighted by Gasteiger charge is 2.32. The summed E-state index contributed by atoms with van der Waals surface area (Å²) in [5, 5.41) is 1.61. The van der Waals surface area contributed by atoms with Crippen molar-refractivity contribution in [2.24, 2.45) is 5.92 Å². The van der Waals surface area contributed by atoms with Gasteiger partial charge in [-0.3, -0.25) is 0 Å². The quantitative estimate of drug-likeness (QED) is 0.321. The molecule has 7 nitrogen and oxygen atoms in total. The minimum atomic E-state index is -0.777. The van der Waals surface area contributed by atoms with Crippen molar-refractivity contribution in [3.63, 3.8) is 0 Å². The highest BCUT2D eigenvalue weighted by atomic mass is 35.5. The Balaban J connectivity index is 1.52. The summed E-state index contributed by atoms with van der Waals surface area (Å²) < 4.78 is 29.6. The third-order valence-electron chi connectivity index (χ3n) is 7.05. The lowest BCUT2D eigenvalue weighted by atomic mass is 9.90. The van der Waals surface area contributed by atoms with Crippen LogP contribution in [0.25, 0.3) is 21.9 Å². The molecule has 37 heavy (non-hydrogen) atoms. The molecule has 0 saturated heterocycles. The van der Waals surface area contributed by atoms with Crippen LogP contribution >= 0.6 is 11.6 Å². The molecule has 5 rings (SSSR count). The van der Waals surface area contributed by atoms with Crippen LogP contribution in [0.15, 0.2) is 48.4 Å². The molecule has 0 spiro atoms. The van der Waals surface area contributed by atoms with Gasteiger partial charge in [-0.25, -0.2) is 19.3 Å². The van der Waals surface area contributed by atoms with Crippen molar-refractivity contribution < 1.29 is 13.9 Å². The van der Waals surface area contributed by atoms with Crippen LogP contribution in [0.3, 0.4) is 0 Å². The molecule has 3 aromatic heterocycles. The van der Waals surface area contributed by atoms with Gasteiger partial charge in [-0.05, 0) is 75.4 Å². The Morgan fingerprint density at radius 1 is 1.24 bits per heavy atom. The van der Waals surface area contributed by atoms with Crippen molar-refractivity contribution in [3.8, 4) is 0 Å². The van der Waals surface area contributed by atoms with E-state index in [9.17, 15) is 4.39 Å². The van der Waals surface area contributed by atoms with E-state index in [1.165, 1.54) is 6.07 Å². The lowest BCUT2D eigenvalue weighted by molar-refractivity contribution is -0.237. The number of halogens is 2. The molecule has 0 bridgehead atoms. The fourth-order valence-corrected chi connectivity index (χ4v) is 5.19. The number of hydrogen-bond donors (Lipinski definition) is 1. The topological polar surface area (TPSA) is 88.1 Å². The Morgan fingerprint density at radius 3 is 2.81 bits per heavy atom. The van der Waals surface area contributed by atoms with E-state index in [0.717, 1.165) is 27.9 Å². The fourth-order valence-electron chi connectivity index (χ4n) is 5.04. The highest BCUT2D eigenvalue weighted by Crippen LogP contribution is 2.34. The summed E-state index contributed by atoms with van der Waals surface area (Å²) in [4.78, 5) is 13.2. The van der Waals surface area contributed by atoms with Gasteiger partial charge < -0.3 is 19.8 Å². The second-order valence-corrected chi connectivity index (χ2v) is 10.7. The van der Waals surface area contributed by atoms with E-state index in [1.807, 2.05) is 46.0 Å². The predicted molar refractivity (Wildman–Crippen MR) is 144 cm³/mol. The lowest BCUT2D eigenvalue weighted by Crippen LogP contribution is -2.39. The van der Waals surface area contributed by atoms with Crippen molar-refractivity contribution in [3.05, 3.63) is 70.5 Å². The minimum absolute atomic E-state index is 0.0586. The molecular weight excluding hydrogens is 493 g/mol. The van der Waals surface area contributed by atoms with Crippen molar-refractivity contribution in [2.45, 2.75) is 59.0 Å². The molecule has 0 amide bonds. The summed E-state index contributed by atoms with van der Waals surface area (Å²) in [7, 11) is 0. The number of fused-ring (bicyclic) bond motifs is 2. The number of hydrogen-bond acceptors (Lipinski definition) is 6. The van der Waals surface area contributed by atoms with Crippen molar-refractivity contribution in [2.75, 3.05) is 12.3 Å². The van der Waals surface area contributed by atoms with E-state index in [0.29, 0.717) is 23.9 Å². The number of nitrogens with zero attached hydrogens (tertiary/aromatic N) is 4. The first kappa shape index (κ1) is 25.6. The number of benzene rings is 1. The molecule has 2 N–H and O–H groups in total. The smallest absolute Gasteiger partial charge is 0.163 e. The Morgan fingerprint density at radius 2 is 2.03 bits per heavy atom. The highest BCUT2D eigenvalue weighted by molar-refractivity contribution is 6.33. The number of ether oxygens (including phenoxy) is 2. The molecule has 0 aliphatic carbocycles. The van der Waals surface area contributed by atoms with Crippen LogP contribution < -0.4 is 5.73 Å². The summed E-state index contributed by atoms with van der Waals surface area (Å²) in [6, 6.07) is 6.86. The summed E-state index contributed by atoms with van der Waals surface area (Å²) in [6.45, 7) is 10.4. The molecule has 4 heterocycles. The third kappa shape index (κ3) is 5.06. The molecule has 1 unspecified atom stereocenters. The maximum absolute atomic E-state index is 14.9. The zero-order valence-electron chi connectivity index (χ0n) is 21.6. The Labute approximate surface area is 220 Å². The number of rotatable bonds is 4. The first-order valence-electron chi connectivity index (χ1n) is 12.4. The van der Waals surface area contributed by atoms with Gasteiger partial charge in [0.1, 0.15) is 23.6 Å². The number of aromatic nitrogens is 4. The van der Waals surface area contributed by atoms with Crippen LogP contribution in [-0.4, -0.2) is 38.0 Å². The standard InChI is InChI=1S/C28H31ClFN5O2/c1-15(8-18-9-23(30)21-12-22(29)26(31)34-24(21)10-18)19-11-25(17(3)37-28(4,5)36-13-19)35-7-6-20-16(2)32-14-33-27(20)35/h6-7,9-12,14-15,17,25H,8,13H2,1-5H3,(H2,31,34)/b19-11+/t15?,17-,25-/m1/s1. The van der Waals surface area contributed by atoms with Gasteiger partial charge in [-0.1, -0.05) is 24.6 Å². The number of nitrogen functional groups attached to an aromatic ring is 1. The second kappa shape index (κ2) is 9.67. The van der Waals surface area contributed by atoms with Gasteiger partial charge in [0.25, 0.3) is 0 Å². The van der Waals surface area contributed by atoms with Crippen LogP contribution in [-0.2, 0) is 15.9 Å². The maximum Gasteiger partial charge on any atom is 0.163 e. The maximum atomic E-state index is 14.9. The van der Waals surface area contributed by atoms with Crippen LogP contribution in [0, 0.1) is 18.7 Å². The molecule has 9 heteroatoms. The fraction of sp³-hybridized carbons (Fsp3) is 0.393. The zero-order valence-corrected chi connectivity index (χ0v) is 22.4. The van der Waals surface area contributed by atoms with E-state index in [4.69, 9.17) is 26.8 Å². The van der Waals surface area contributed by atoms with Gasteiger partial charge in [0.05, 0.1) is 35.0 Å². The van der Waals surface area contributed by atoms with E-state index >= 15 is 0 Å². The van der Waals surface area contributed by atoms with Gasteiger partial charge in [-0.15, -0.1) is 0 Å².